The monoisotopic (exact) mass is 821 g/mol. The van der Waals surface area contributed by atoms with Crippen LogP contribution in [0.15, 0.2) is 60.8 Å². The number of rotatable bonds is 13. The van der Waals surface area contributed by atoms with E-state index in [-0.39, 0.29) is 30.2 Å². The van der Waals surface area contributed by atoms with Crippen molar-refractivity contribution in [2.45, 2.75) is 71.3 Å². The number of aromatic nitrogens is 2. The minimum Gasteiger partial charge on any atom is -0.486 e. The maximum atomic E-state index is 13.2. The highest BCUT2D eigenvalue weighted by atomic mass is 35.5. The van der Waals surface area contributed by atoms with Crippen LogP contribution in [-0.4, -0.2) is 82.9 Å². The van der Waals surface area contributed by atoms with Crippen LogP contribution >= 0.6 is 34.8 Å². The van der Waals surface area contributed by atoms with Crippen molar-refractivity contribution in [2.24, 2.45) is 0 Å². The molecule has 4 heterocycles. The molecule has 3 N–H and O–H groups in total. The van der Waals surface area contributed by atoms with E-state index >= 15 is 0 Å². The largest absolute Gasteiger partial charge is 0.486 e. The van der Waals surface area contributed by atoms with Gasteiger partial charge in [-0.25, -0.2) is 4.98 Å². The number of likely N-dealkylation sites (tertiary alicyclic amines) is 2. The lowest BCUT2D eigenvalue weighted by Crippen LogP contribution is -2.44. The Morgan fingerprint density at radius 2 is 1.41 bits per heavy atom. The van der Waals surface area contributed by atoms with Crippen LogP contribution in [0.1, 0.15) is 66.8 Å². The van der Waals surface area contributed by atoms with Crippen molar-refractivity contribution >= 4 is 58.2 Å². The molecule has 2 aromatic heterocycles. The van der Waals surface area contributed by atoms with Crippen LogP contribution in [0.25, 0.3) is 11.1 Å². The van der Waals surface area contributed by atoms with E-state index in [0.717, 1.165) is 63.0 Å². The second kappa shape index (κ2) is 19.1. The van der Waals surface area contributed by atoms with E-state index in [2.05, 4.69) is 25.9 Å². The summed E-state index contributed by atoms with van der Waals surface area (Å²) in [5.74, 6) is 0.651. The molecule has 296 valence electrons. The summed E-state index contributed by atoms with van der Waals surface area (Å²) in [5, 5.41) is 11.0. The fraction of sp³-hybridized carbons (Fsp3) is 0.390. The van der Waals surface area contributed by atoms with Crippen molar-refractivity contribution < 1.29 is 23.9 Å². The van der Waals surface area contributed by atoms with Crippen LogP contribution in [0.2, 0.25) is 15.1 Å². The predicted molar refractivity (Wildman–Crippen MR) is 218 cm³/mol. The highest BCUT2D eigenvalue weighted by molar-refractivity contribution is 6.39. The first-order chi connectivity index (χ1) is 27.0. The Morgan fingerprint density at radius 3 is 2.00 bits per heavy atom. The lowest BCUT2D eigenvalue weighted by atomic mass is 10.0. The zero-order valence-corrected chi connectivity index (χ0v) is 33.9. The van der Waals surface area contributed by atoms with E-state index in [9.17, 15) is 14.4 Å². The molecular formula is C41H46Cl3N7O5. The molecule has 0 atom stereocenters. The van der Waals surface area contributed by atoms with Crippen molar-refractivity contribution in [2.75, 3.05) is 38.6 Å². The maximum absolute atomic E-state index is 13.2. The van der Waals surface area contributed by atoms with Crippen LogP contribution in [-0.2, 0) is 29.3 Å². The van der Waals surface area contributed by atoms with Gasteiger partial charge in [0.2, 0.25) is 17.7 Å². The quantitative estimate of drug-likeness (QED) is 0.129. The van der Waals surface area contributed by atoms with Crippen LogP contribution in [0.4, 0.5) is 5.69 Å². The van der Waals surface area contributed by atoms with Gasteiger partial charge in [-0.2, -0.15) is 0 Å². The lowest BCUT2D eigenvalue weighted by molar-refractivity contribution is -0.130. The first kappa shape index (κ1) is 41.2. The number of piperidine rings is 2. The van der Waals surface area contributed by atoms with Crippen molar-refractivity contribution in [3.8, 4) is 22.8 Å². The molecule has 0 bridgehead atoms. The van der Waals surface area contributed by atoms with E-state index in [0.29, 0.717) is 68.3 Å². The number of methoxy groups -OCH3 is 1. The summed E-state index contributed by atoms with van der Waals surface area (Å²) >= 11 is 20.5. The summed E-state index contributed by atoms with van der Waals surface area (Å²) in [6.45, 7) is 7.33. The third-order valence-electron chi connectivity index (χ3n) is 10.3. The number of pyridine rings is 2. The van der Waals surface area contributed by atoms with Gasteiger partial charge in [0, 0.05) is 88.1 Å². The van der Waals surface area contributed by atoms with Gasteiger partial charge in [0.1, 0.15) is 23.7 Å². The zero-order valence-electron chi connectivity index (χ0n) is 31.7. The molecule has 0 saturated carbocycles. The van der Waals surface area contributed by atoms with E-state index < -0.39 is 5.91 Å². The molecule has 0 spiro atoms. The van der Waals surface area contributed by atoms with Gasteiger partial charge in [0.15, 0.2) is 0 Å². The van der Waals surface area contributed by atoms with E-state index in [1.54, 1.807) is 57.5 Å². The number of carbonyl (C=O) groups is 3. The third-order valence-corrected chi connectivity index (χ3v) is 11.4. The standard InChI is InChI=1S/C41H46Cl3N7O5/c1-25(52)50-16-12-29(13-17-50)45-21-27-10-11-35(47-22-27)40(54)48-34-8-4-6-31(38(34)43)32-7-5-9-37(39(32)44)56-24-36-33(42)20-28(41(49-36)55-3)23-46-30-14-18-51(19-15-30)26(2)53/h4-11,20,22,29-30,45-46H,12-19,21,23-24H2,1-3H3,(H,48,54). The van der Waals surface area contributed by atoms with Crippen molar-refractivity contribution in [1.29, 1.82) is 0 Å². The van der Waals surface area contributed by atoms with E-state index in [1.807, 2.05) is 34.1 Å². The topological polar surface area (TPSA) is 138 Å². The molecule has 12 nitrogen and oxygen atoms in total. The third kappa shape index (κ3) is 10.3. The molecule has 0 unspecified atom stereocenters. The Labute approximate surface area is 342 Å². The summed E-state index contributed by atoms with van der Waals surface area (Å²) in [6, 6.07) is 16.7. The second-order valence-electron chi connectivity index (χ2n) is 14.0. The van der Waals surface area contributed by atoms with Gasteiger partial charge < -0.3 is 35.2 Å². The summed E-state index contributed by atoms with van der Waals surface area (Å²) in [5.41, 5.74) is 4.11. The van der Waals surface area contributed by atoms with Gasteiger partial charge in [-0.3, -0.25) is 19.4 Å². The number of benzene rings is 2. The normalized spacial score (nSPS) is 15.1. The highest BCUT2D eigenvalue weighted by Crippen LogP contribution is 2.41. The van der Waals surface area contributed by atoms with Gasteiger partial charge >= 0.3 is 0 Å². The minimum absolute atomic E-state index is 0.0295. The summed E-state index contributed by atoms with van der Waals surface area (Å²) < 4.78 is 11.7. The Balaban J connectivity index is 1.06. The van der Waals surface area contributed by atoms with Crippen LogP contribution in [0.5, 0.6) is 11.6 Å². The van der Waals surface area contributed by atoms with Crippen LogP contribution in [0.3, 0.4) is 0 Å². The highest BCUT2D eigenvalue weighted by Gasteiger charge is 2.23. The number of anilines is 1. The predicted octanol–water partition coefficient (Wildman–Crippen LogP) is 7.14. The molecule has 2 saturated heterocycles. The Hall–Kier alpha value is -4.46. The van der Waals surface area contributed by atoms with Gasteiger partial charge in [-0.1, -0.05) is 65.1 Å². The lowest BCUT2D eigenvalue weighted by Gasteiger charge is -2.32. The number of hydrogen-bond acceptors (Lipinski definition) is 9. The molecule has 15 heteroatoms. The smallest absolute Gasteiger partial charge is 0.274 e. The summed E-state index contributed by atoms with van der Waals surface area (Å²) in [7, 11) is 1.56. The van der Waals surface area contributed by atoms with Gasteiger partial charge in [-0.05, 0) is 55.5 Å². The first-order valence-electron chi connectivity index (χ1n) is 18.7. The first-order valence-corrected chi connectivity index (χ1v) is 19.8. The fourth-order valence-corrected chi connectivity index (χ4v) is 7.71. The summed E-state index contributed by atoms with van der Waals surface area (Å²) in [6.07, 6.45) is 5.23. The molecule has 56 heavy (non-hydrogen) atoms. The molecule has 4 aromatic rings. The average molecular weight is 823 g/mol. The maximum Gasteiger partial charge on any atom is 0.274 e. The van der Waals surface area contributed by atoms with Crippen LogP contribution < -0.4 is 25.4 Å². The zero-order chi connectivity index (χ0) is 39.8. The van der Waals surface area contributed by atoms with Crippen LogP contribution in [0, 0.1) is 0 Å². The summed E-state index contributed by atoms with van der Waals surface area (Å²) in [4.78, 5) is 49.3. The fourth-order valence-electron chi connectivity index (χ4n) is 6.93. The Morgan fingerprint density at radius 1 is 0.804 bits per heavy atom. The average Bonchev–Trinajstić information content (AvgIpc) is 3.20. The number of hydrogen-bond donors (Lipinski definition) is 3. The SMILES string of the molecule is COc1nc(COc2cccc(-c3cccc(NC(=O)c4ccc(CNC5CCN(C(C)=O)CC5)cn4)c3Cl)c2Cl)c(Cl)cc1CNC1CCN(C(C)=O)CC1. The van der Waals surface area contributed by atoms with Gasteiger partial charge in [-0.15, -0.1) is 0 Å². The Kier molecular flexibility index (Phi) is 14.1. The Bertz CT molecular complexity index is 2030. The van der Waals surface area contributed by atoms with Crippen molar-refractivity contribution in [3.63, 3.8) is 0 Å². The van der Waals surface area contributed by atoms with Gasteiger partial charge in [0.05, 0.1) is 27.9 Å². The molecule has 0 aliphatic carbocycles. The second-order valence-corrected chi connectivity index (χ2v) is 15.2. The molecule has 3 amide bonds. The molecule has 2 aliphatic heterocycles. The molecule has 2 aliphatic rings. The molecular weight excluding hydrogens is 777 g/mol. The number of nitrogens with one attached hydrogen (secondary N) is 3. The number of ether oxygens (including phenoxy) is 2. The van der Waals surface area contributed by atoms with Crippen molar-refractivity contribution in [1.82, 2.24) is 30.4 Å². The molecule has 6 rings (SSSR count). The number of halogens is 3. The molecule has 0 radical (unpaired) electrons. The number of nitrogens with zero attached hydrogens (tertiary/aromatic N) is 4. The molecule has 2 aromatic carbocycles. The van der Waals surface area contributed by atoms with Gasteiger partial charge in [0.25, 0.3) is 5.91 Å². The van der Waals surface area contributed by atoms with Crippen molar-refractivity contribution in [3.05, 3.63) is 98.4 Å². The van der Waals surface area contributed by atoms with E-state index in [1.165, 1.54) is 0 Å². The number of amides is 3. The van der Waals surface area contributed by atoms with E-state index in [4.69, 9.17) is 44.3 Å². The minimum atomic E-state index is -0.403. The number of carbonyl (C=O) groups excluding carboxylic acids is 3. The molecule has 2 fully saturated rings.